The molecule has 0 spiro atoms. The van der Waals surface area contributed by atoms with Crippen LogP contribution in [0.5, 0.6) is 17.2 Å². The number of fused-ring (bicyclic) bond motifs is 2. The van der Waals surface area contributed by atoms with Crippen LogP contribution in [0.15, 0.2) is 30.3 Å². The van der Waals surface area contributed by atoms with Gasteiger partial charge in [-0.1, -0.05) is 17.7 Å². The number of nitrogens with zero attached hydrogens (tertiary/aromatic N) is 1. The minimum absolute atomic E-state index is 0.0220. The Hall–Kier alpha value is -2.69. The van der Waals surface area contributed by atoms with Gasteiger partial charge in [0.25, 0.3) is 5.91 Å². The number of hydrogen-bond donors (Lipinski definition) is 0. The summed E-state index contributed by atoms with van der Waals surface area (Å²) in [5.74, 6) is 2.53. The number of carbonyl (C=O) groups is 1. The number of amides is 1. The number of rotatable bonds is 5. The van der Waals surface area contributed by atoms with Crippen molar-refractivity contribution >= 4 is 5.91 Å². The highest BCUT2D eigenvalue weighted by Gasteiger charge is 2.27. The molecule has 5 nitrogen and oxygen atoms in total. The second-order valence-electron chi connectivity index (χ2n) is 6.87. The van der Waals surface area contributed by atoms with Gasteiger partial charge in [0.2, 0.25) is 0 Å². The van der Waals surface area contributed by atoms with Gasteiger partial charge < -0.3 is 19.1 Å². The van der Waals surface area contributed by atoms with E-state index in [1.165, 1.54) is 11.1 Å². The molecule has 0 atom stereocenters. The van der Waals surface area contributed by atoms with Crippen LogP contribution in [0.1, 0.15) is 22.3 Å². The van der Waals surface area contributed by atoms with E-state index in [9.17, 15) is 4.79 Å². The number of carbonyl (C=O) groups excluding carboxylic acids is 1. The molecular weight excluding hydrogens is 330 g/mol. The molecule has 2 aromatic rings. The number of benzene rings is 2. The quantitative estimate of drug-likeness (QED) is 0.829. The number of aryl methyl sites for hydroxylation is 1. The van der Waals surface area contributed by atoms with Crippen LogP contribution in [0, 0.1) is 6.92 Å². The van der Waals surface area contributed by atoms with Gasteiger partial charge in [-0.05, 0) is 25.1 Å². The van der Waals surface area contributed by atoms with Crippen LogP contribution in [-0.4, -0.2) is 37.7 Å². The molecule has 0 aromatic heterocycles. The monoisotopic (exact) mass is 353 g/mol. The Labute approximate surface area is 153 Å². The first-order valence-corrected chi connectivity index (χ1v) is 8.98. The van der Waals surface area contributed by atoms with Gasteiger partial charge in [0.1, 0.15) is 17.2 Å². The Balaban J connectivity index is 1.45. The molecule has 2 heterocycles. The molecule has 2 aromatic carbocycles. The highest BCUT2D eigenvalue weighted by molar-refractivity contribution is 5.77. The fourth-order valence-corrected chi connectivity index (χ4v) is 3.47. The Kier molecular flexibility index (Phi) is 4.45. The van der Waals surface area contributed by atoms with Gasteiger partial charge in [0, 0.05) is 43.1 Å². The van der Waals surface area contributed by atoms with E-state index in [2.05, 4.69) is 6.07 Å². The highest BCUT2D eigenvalue weighted by atomic mass is 16.5. The molecule has 4 rings (SSSR count). The lowest BCUT2D eigenvalue weighted by Gasteiger charge is -2.21. The van der Waals surface area contributed by atoms with Crippen LogP contribution in [0.3, 0.4) is 0 Å². The van der Waals surface area contributed by atoms with Crippen LogP contribution < -0.4 is 14.2 Å². The lowest BCUT2D eigenvalue weighted by atomic mass is 9.99. The van der Waals surface area contributed by atoms with Crippen LogP contribution in [-0.2, 0) is 24.2 Å². The van der Waals surface area contributed by atoms with Gasteiger partial charge in [0.05, 0.1) is 13.2 Å². The standard InChI is InChI=1S/C21H23NO4/c1-14-3-5-16(6-4-14)26-13-20(23)22(2)12-18-17-8-10-24-19(17)11-15-7-9-25-21(15)18/h3-6,11H,7-10,12-13H2,1-2H3. The molecule has 0 saturated carbocycles. The summed E-state index contributed by atoms with van der Waals surface area (Å²) in [6.07, 6.45) is 1.76. The van der Waals surface area contributed by atoms with Crippen LogP contribution in [0.2, 0.25) is 0 Å². The molecule has 2 aliphatic heterocycles. The van der Waals surface area contributed by atoms with E-state index in [-0.39, 0.29) is 12.5 Å². The Morgan fingerprint density at radius 3 is 2.73 bits per heavy atom. The van der Waals surface area contributed by atoms with E-state index >= 15 is 0 Å². The second-order valence-corrected chi connectivity index (χ2v) is 6.87. The molecular formula is C21H23NO4. The van der Waals surface area contributed by atoms with Gasteiger partial charge in [-0.3, -0.25) is 4.79 Å². The number of ether oxygens (including phenoxy) is 3. The first-order valence-electron chi connectivity index (χ1n) is 8.98. The van der Waals surface area contributed by atoms with E-state index in [0.717, 1.165) is 35.5 Å². The molecule has 0 N–H and O–H groups in total. The van der Waals surface area contributed by atoms with E-state index in [0.29, 0.717) is 25.5 Å². The summed E-state index contributed by atoms with van der Waals surface area (Å²) in [5, 5.41) is 0. The largest absolute Gasteiger partial charge is 0.493 e. The minimum atomic E-state index is -0.0613. The lowest BCUT2D eigenvalue weighted by molar-refractivity contribution is -0.132. The number of hydrogen-bond acceptors (Lipinski definition) is 4. The maximum absolute atomic E-state index is 12.5. The van der Waals surface area contributed by atoms with Crippen molar-refractivity contribution in [3.05, 3.63) is 52.6 Å². The van der Waals surface area contributed by atoms with Crippen molar-refractivity contribution in [3.63, 3.8) is 0 Å². The maximum atomic E-state index is 12.5. The minimum Gasteiger partial charge on any atom is -0.493 e. The molecule has 0 unspecified atom stereocenters. The van der Waals surface area contributed by atoms with Crippen molar-refractivity contribution in [3.8, 4) is 17.2 Å². The van der Waals surface area contributed by atoms with Crippen molar-refractivity contribution < 1.29 is 19.0 Å². The van der Waals surface area contributed by atoms with E-state index in [1.54, 1.807) is 11.9 Å². The fourth-order valence-electron chi connectivity index (χ4n) is 3.47. The topological polar surface area (TPSA) is 48.0 Å². The predicted octanol–water partition coefficient (Wildman–Crippen LogP) is 2.90. The summed E-state index contributed by atoms with van der Waals surface area (Å²) in [5.41, 5.74) is 4.59. The first-order chi connectivity index (χ1) is 12.6. The van der Waals surface area contributed by atoms with Gasteiger partial charge >= 0.3 is 0 Å². The van der Waals surface area contributed by atoms with Crippen molar-refractivity contribution in [1.29, 1.82) is 0 Å². The average molecular weight is 353 g/mol. The summed E-state index contributed by atoms with van der Waals surface area (Å²) in [6.45, 7) is 3.93. The zero-order valence-electron chi connectivity index (χ0n) is 15.2. The van der Waals surface area contributed by atoms with Crippen molar-refractivity contribution in [2.45, 2.75) is 26.3 Å². The lowest BCUT2D eigenvalue weighted by Crippen LogP contribution is -2.31. The van der Waals surface area contributed by atoms with Gasteiger partial charge in [-0.2, -0.15) is 0 Å². The molecule has 0 fully saturated rings. The summed E-state index contributed by atoms with van der Waals surface area (Å²) >= 11 is 0. The molecule has 0 bridgehead atoms. The van der Waals surface area contributed by atoms with E-state index < -0.39 is 0 Å². The van der Waals surface area contributed by atoms with E-state index in [1.807, 2.05) is 31.2 Å². The van der Waals surface area contributed by atoms with E-state index in [4.69, 9.17) is 14.2 Å². The molecule has 0 aliphatic carbocycles. The molecule has 2 aliphatic rings. The molecule has 5 heteroatoms. The SMILES string of the molecule is Cc1ccc(OCC(=O)N(C)Cc2c3c(cc4c2OCC4)OCC3)cc1. The molecule has 1 amide bonds. The Bertz CT molecular complexity index is 797. The highest BCUT2D eigenvalue weighted by Crippen LogP contribution is 2.41. The zero-order valence-corrected chi connectivity index (χ0v) is 15.2. The average Bonchev–Trinajstić information content (AvgIpc) is 3.29. The summed E-state index contributed by atoms with van der Waals surface area (Å²) in [4.78, 5) is 14.2. The van der Waals surface area contributed by atoms with Gasteiger partial charge in [-0.15, -0.1) is 0 Å². The number of likely N-dealkylation sites (N-methyl/N-ethyl adjacent to an activating group) is 1. The normalized spacial score (nSPS) is 14.2. The van der Waals surface area contributed by atoms with Crippen LogP contribution in [0.4, 0.5) is 0 Å². The van der Waals surface area contributed by atoms with Crippen molar-refractivity contribution in [2.75, 3.05) is 26.9 Å². The van der Waals surface area contributed by atoms with Crippen molar-refractivity contribution in [1.82, 2.24) is 4.90 Å². The third-order valence-corrected chi connectivity index (χ3v) is 4.96. The smallest absolute Gasteiger partial charge is 0.260 e. The molecule has 0 saturated heterocycles. The predicted molar refractivity (Wildman–Crippen MR) is 98.0 cm³/mol. The third kappa shape index (κ3) is 3.21. The molecule has 136 valence electrons. The van der Waals surface area contributed by atoms with Crippen LogP contribution in [0.25, 0.3) is 0 Å². The molecule has 26 heavy (non-hydrogen) atoms. The zero-order chi connectivity index (χ0) is 18.1. The summed E-state index contributed by atoms with van der Waals surface area (Å²) < 4.78 is 17.2. The summed E-state index contributed by atoms with van der Waals surface area (Å²) in [6, 6.07) is 9.79. The second kappa shape index (κ2) is 6.90. The Morgan fingerprint density at radius 1 is 1.15 bits per heavy atom. The fraction of sp³-hybridized carbons (Fsp3) is 0.381. The van der Waals surface area contributed by atoms with Crippen LogP contribution >= 0.6 is 0 Å². The first kappa shape index (κ1) is 16.8. The Morgan fingerprint density at radius 2 is 1.92 bits per heavy atom. The maximum Gasteiger partial charge on any atom is 0.260 e. The summed E-state index contributed by atoms with van der Waals surface area (Å²) in [7, 11) is 1.80. The third-order valence-electron chi connectivity index (χ3n) is 4.96. The van der Waals surface area contributed by atoms with Gasteiger partial charge in [0.15, 0.2) is 6.61 Å². The molecule has 0 radical (unpaired) electrons. The van der Waals surface area contributed by atoms with Gasteiger partial charge in [-0.25, -0.2) is 0 Å². The van der Waals surface area contributed by atoms with Crippen molar-refractivity contribution in [2.24, 2.45) is 0 Å².